The molecule has 0 saturated heterocycles. The molecule has 0 amide bonds. The number of hydrogen-bond donors (Lipinski definition) is 0. The quantitative estimate of drug-likeness (QED) is 0.483. The van der Waals surface area contributed by atoms with E-state index >= 15 is 0 Å². The molecule has 0 aliphatic heterocycles. The van der Waals surface area contributed by atoms with Gasteiger partial charge in [0, 0.05) is 0 Å². The standard InChI is InChI=1S/C27H31.C2H6Si.2ClH.Zr/c1-17-9-8-10-20(17)25-23-16-18-15-19(26(2,3)4)11-12-21(18)22(23)13-14-24(25)27(5,6)7;1-3-2;;;/h8-9,11-16H,10H2,1-7H3;1-2H3;2*1H;/q;;;;+2/p-2. The third-order valence-corrected chi connectivity index (χ3v) is 15.5. The van der Waals surface area contributed by atoms with Crippen molar-refractivity contribution in [2.45, 2.75) is 82.4 Å². The van der Waals surface area contributed by atoms with Crippen LogP contribution in [0.15, 0.2) is 48.1 Å². The fraction of sp³-hybridized carbons (Fsp3) is 0.448. The summed E-state index contributed by atoms with van der Waals surface area (Å²) in [6.45, 7) is 21.6. The molecule has 1 atom stereocenters. The normalized spacial score (nSPS) is 16.6. The van der Waals surface area contributed by atoms with Gasteiger partial charge in [0.1, 0.15) is 0 Å². The Kier molecular flexibility index (Phi) is 9.00. The van der Waals surface area contributed by atoms with Crippen molar-refractivity contribution in [2.24, 2.45) is 0 Å². The summed E-state index contributed by atoms with van der Waals surface area (Å²) < 4.78 is 0.693. The van der Waals surface area contributed by atoms with Gasteiger partial charge in [-0.15, -0.1) is 0 Å². The van der Waals surface area contributed by atoms with Gasteiger partial charge in [-0.3, -0.25) is 0 Å². The molecule has 0 spiro atoms. The van der Waals surface area contributed by atoms with E-state index in [4.69, 9.17) is 0 Å². The third-order valence-electron chi connectivity index (χ3n) is 6.76. The number of rotatable bonds is 2. The molecule has 0 heterocycles. The van der Waals surface area contributed by atoms with Gasteiger partial charge < -0.3 is 24.8 Å². The minimum atomic E-state index is -0.562. The summed E-state index contributed by atoms with van der Waals surface area (Å²) in [5.74, 6) is 0. The molecule has 175 valence electrons. The van der Waals surface area contributed by atoms with Crippen molar-refractivity contribution in [2.75, 3.05) is 0 Å². The molecular weight excluding hydrogens is 539 g/mol. The first-order valence-electron chi connectivity index (χ1n) is 11.6. The molecule has 0 nitrogen and oxygen atoms in total. The zero-order valence-electron chi connectivity index (χ0n) is 21.6. The molecule has 2 aromatic rings. The molecule has 0 saturated carbocycles. The molecule has 1 unspecified atom stereocenters. The molecule has 4 heteroatoms. The molecule has 0 radical (unpaired) electrons. The van der Waals surface area contributed by atoms with Crippen LogP contribution >= 0.6 is 0 Å². The van der Waals surface area contributed by atoms with Crippen molar-refractivity contribution in [3.05, 3.63) is 75.9 Å². The van der Waals surface area contributed by atoms with Crippen molar-refractivity contribution >= 4 is 11.0 Å². The molecule has 4 rings (SSSR count). The van der Waals surface area contributed by atoms with Crippen LogP contribution in [0, 0.1) is 0 Å². The van der Waals surface area contributed by atoms with Gasteiger partial charge in [0.2, 0.25) is 0 Å². The van der Waals surface area contributed by atoms with E-state index in [1.807, 2.05) is 0 Å². The van der Waals surface area contributed by atoms with Gasteiger partial charge in [-0.2, -0.15) is 0 Å². The van der Waals surface area contributed by atoms with E-state index in [9.17, 15) is 0 Å². The second kappa shape index (κ2) is 10.3. The SMILES string of the molecule is CC1=C(c2c(C(C)(C)C)ccc3c2[CH]([Zr+2]=[Si](C)C)c2cc(C(C)(C)C)ccc2-3)CC=C1.[Cl-].[Cl-]. The number of hydrogen-bond acceptors (Lipinski definition) is 0. The first kappa shape index (κ1) is 28.8. The molecule has 2 aliphatic carbocycles. The molecule has 33 heavy (non-hydrogen) atoms. The molecule has 2 aliphatic rings. The largest absolute Gasteiger partial charge is 1.00 e. The van der Waals surface area contributed by atoms with Crippen LogP contribution in [0.4, 0.5) is 0 Å². The maximum atomic E-state index is 2.58. The molecule has 0 bridgehead atoms. The predicted octanol–water partition coefficient (Wildman–Crippen LogP) is 2.43. The Hall–Kier alpha value is -0.400. The van der Waals surface area contributed by atoms with E-state index in [1.54, 1.807) is 27.8 Å². The van der Waals surface area contributed by atoms with Gasteiger partial charge in [-0.05, 0) is 0 Å². The number of fused-ring (bicyclic) bond motifs is 3. The number of allylic oxidation sites excluding steroid dienone is 4. The van der Waals surface area contributed by atoms with Crippen LogP contribution in [0.5, 0.6) is 0 Å². The Morgan fingerprint density at radius 2 is 1.52 bits per heavy atom. The Morgan fingerprint density at radius 3 is 2.03 bits per heavy atom. The average Bonchev–Trinajstić information content (AvgIpc) is 3.21. The van der Waals surface area contributed by atoms with Crippen LogP contribution in [0.2, 0.25) is 13.1 Å². The fourth-order valence-electron chi connectivity index (χ4n) is 5.13. The first-order chi connectivity index (χ1) is 14.4. The van der Waals surface area contributed by atoms with Gasteiger partial charge in [0.05, 0.1) is 0 Å². The van der Waals surface area contributed by atoms with Crippen molar-refractivity contribution in [3.63, 3.8) is 0 Å². The van der Waals surface area contributed by atoms with E-state index in [2.05, 4.69) is 104 Å². The zero-order valence-corrected chi connectivity index (χ0v) is 26.6. The summed E-state index contributed by atoms with van der Waals surface area (Å²) in [4.78, 5) is 0. The predicted molar refractivity (Wildman–Crippen MR) is 135 cm³/mol. The fourth-order valence-corrected chi connectivity index (χ4v) is 13.8. The summed E-state index contributed by atoms with van der Waals surface area (Å²) in [5, 5.41) is 0. The number of halogens is 2. The van der Waals surface area contributed by atoms with Gasteiger partial charge >= 0.3 is 202 Å². The molecule has 0 aromatic heterocycles. The van der Waals surface area contributed by atoms with Crippen LogP contribution in [0.25, 0.3) is 16.7 Å². The Morgan fingerprint density at radius 1 is 0.879 bits per heavy atom. The van der Waals surface area contributed by atoms with E-state index in [1.165, 1.54) is 22.3 Å². The summed E-state index contributed by atoms with van der Waals surface area (Å²) in [7, 11) is 0. The molecule has 0 N–H and O–H groups in total. The van der Waals surface area contributed by atoms with Crippen LogP contribution in [-0.4, -0.2) is 5.43 Å². The monoisotopic (exact) mass is 573 g/mol. The van der Waals surface area contributed by atoms with Crippen molar-refractivity contribution in [1.82, 2.24) is 0 Å². The summed E-state index contributed by atoms with van der Waals surface area (Å²) in [5.41, 5.74) is 14.2. The van der Waals surface area contributed by atoms with E-state index in [0.29, 0.717) is 3.63 Å². The third kappa shape index (κ3) is 5.40. The Labute approximate surface area is 225 Å². The zero-order chi connectivity index (χ0) is 22.7. The summed E-state index contributed by atoms with van der Waals surface area (Å²) in [6, 6.07) is 12.3. The van der Waals surface area contributed by atoms with Gasteiger partial charge in [-0.25, -0.2) is 0 Å². The first-order valence-corrected chi connectivity index (χ1v) is 19.3. The van der Waals surface area contributed by atoms with Crippen LogP contribution in [0.3, 0.4) is 0 Å². The average molecular weight is 576 g/mol. The smallest absolute Gasteiger partial charge is 1.00 e. The number of benzene rings is 2. The molecular formula is C29H37Cl2SiZr. The second-order valence-electron chi connectivity index (χ2n) is 11.6. The van der Waals surface area contributed by atoms with Gasteiger partial charge in [-0.1, -0.05) is 0 Å². The minimum Gasteiger partial charge on any atom is -1.00 e. The maximum absolute atomic E-state index is 2.58. The van der Waals surface area contributed by atoms with Gasteiger partial charge in [0.25, 0.3) is 0 Å². The maximum Gasteiger partial charge on any atom is -1.00 e. The van der Waals surface area contributed by atoms with Gasteiger partial charge in [0.15, 0.2) is 0 Å². The Balaban J connectivity index is 0.00000193. The van der Waals surface area contributed by atoms with Crippen LogP contribution in [-0.2, 0) is 32.7 Å². The minimum absolute atomic E-state index is 0. The van der Waals surface area contributed by atoms with E-state index in [0.717, 1.165) is 6.42 Å². The summed E-state index contributed by atoms with van der Waals surface area (Å²) in [6.07, 6.45) is 5.79. The second-order valence-corrected chi connectivity index (χ2v) is 24.8. The van der Waals surface area contributed by atoms with Crippen molar-refractivity contribution in [1.29, 1.82) is 0 Å². The molecule has 2 aromatic carbocycles. The van der Waals surface area contributed by atoms with E-state index < -0.39 is 21.9 Å². The van der Waals surface area contributed by atoms with Crippen molar-refractivity contribution in [3.8, 4) is 11.1 Å². The van der Waals surface area contributed by atoms with Crippen LogP contribution in [0.1, 0.15) is 86.3 Å². The van der Waals surface area contributed by atoms with Crippen LogP contribution < -0.4 is 24.8 Å². The van der Waals surface area contributed by atoms with E-state index in [-0.39, 0.29) is 41.1 Å². The topological polar surface area (TPSA) is 0 Å². The van der Waals surface area contributed by atoms with Crippen molar-refractivity contribution < 1.29 is 46.7 Å². The summed E-state index contributed by atoms with van der Waals surface area (Å²) >= 11 is -0.562. The Bertz CT molecular complexity index is 1150. The molecule has 0 fully saturated rings.